The second-order valence-corrected chi connectivity index (χ2v) is 3.12. The van der Waals surface area contributed by atoms with Crippen molar-refractivity contribution in [3.05, 3.63) is 23.9 Å². The van der Waals surface area contributed by atoms with E-state index < -0.39 is 0 Å². The number of carbonyl (C=O) groups excluding carboxylic acids is 2. The molecule has 3 heteroatoms. The Labute approximate surface area is 84.9 Å². The lowest BCUT2D eigenvalue weighted by Gasteiger charge is -1.99. The van der Waals surface area contributed by atoms with Crippen molar-refractivity contribution in [2.45, 2.75) is 33.6 Å². The summed E-state index contributed by atoms with van der Waals surface area (Å²) in [6.45, 7) is 5.18. The number of amides is 1. The van der Waals surface area contributed by atoms with Crippen molar-refractivity contribution in [2.75, 3.05) is 0 Å². The standard InChI is InChI=1S/C11H17NO2/c1-4-5-6-7-11(14)12-9(2)8-10(3)13/h6-8H,4-5H2,1-3H3,(H,12,14)/b7-6+,9-8+. The van der Waals surface area contributed by atoms with Gasteiger partial charge in [-0.15, -0.1) is 0 Å². The fourth-order valence-electron chi connectivity index (χ4n) is 0.934. The van der Waals surface area contributed by atoms with E-state index in [4.69, 9.17) is 0 Å². The third-order valence-corrected chi connectivity index (χ3v) is 1.46. The first-order valence-electron chi connectivity index (χ1n) is 4.72. The van der Waals surface area contributed by atoms with Gasteiger partial charge in [0.05, 0.1) is 0 Å². The molecule has 78 valence electrons. The molecule has 1 amide bonds. The van der Waals surface area contributed by atoms with Gasteiger partial charge in [0.1, 0.15) is 0 Å². The Balaban J connectivity index is 4.00. The maximum absolute atomic E-state index is 11.2. The number of unbranched alkanes of at least 4 members (excludes halogenated alkanes) is 1. The quantitative estimate of drug-likeness (QED) is 0.681. The molecule has 0 saturated heterocycles. The van der Waals surface area contributed by atoms with E-state index in [9.17, 15) is 9.59 Å². The predicted molar refractivity (Wildman–Crippen MR) is 56.6 cm³/mol. The van der Waals surface area contributed by atoms with Gasteiger partial charge in [0.15, 0.2) is 5.78 Å². The molecule has 0 radical (unpaired) electrons. The lowest BCUT2D eigenvalue weighted by Crippen LogP contribution is -2.19. The molecule has 0 aromatic rings. The van der Waals surface area contributed by atoms with Crippen LogP contribution in [0.4, 0.5) is 0 Å². The van der Waals surface area contributed by atoms with E-state index in [2.05, 4.69) is 5.32 Å². The number of hydrogen-bond acceptors (Lipinski definition) is 2. The molecule has 0 unspecified atom stereocenters. The van der Waals surface area contributed by atoms with Crippen molar-refractivity contribution in [2.24, 2.45) is 0 Å². The van der Waals surface area contributed by atoms with Crippen LogP contribution in [0.1, 0.15) is 33.6 Å². The summed E-state index contributed by atoms with van der Waals surface area (Å²) in [5.74, 6) is -0.256. The van der Waals surface area contributed by atoms with Gasteiger partial charge >= 0.3 is 0 Å². The average molecular weight is 195 g/mol. The summed E-state index contributed by atoms with van der Waals surface area (Å²) in [4.78, 5) is 21.8. The number of hydrogen-bond donors (Lipinski definition) is 1. The number of allylic oxidation sites excluding steroid dienone is 3. The van der Waals surface area contributed by atoms with E-state index in [1.165, 1.54) is 19.1 Å². The number of carbonyl (C=O) groups is 2. The number of ketones is 1. The molecule has 0 aliphatic rings. The van der Waals surface area contributed by atoms with Gasteiger partial charge in [-0.2, -0.15) is 0 Å². The highest BCUT2D eigenvalue weighted by molar-refractivity contribution is 5.91. The summed E-state index contributed by atoms with van der Waals surface area (Å²) < 4.78 is 0. The molecule has 0 spiro atoms. The van der Waals surface area contributed by atoms with Crippen molar-refractivity contribution in [3.8, 4) is 0 Å². The SMILES string of the molecule is CCC/C=C/C(=O)N/C(C)=C/C(C)=O. The summed E-state index contributed by atoms with van der Waals surface area (Å²) in [5.41, 5.74) is 0.573. The molecule has 0 bridgehead atoms. The predicted octanol–water partition coefficient (Wildman–Crippen LogP) is 1.95. The van der Waals surface area contributed by atoms with Gasteiger partial charge in [-0.05, 0) is 32.4 Å². The van der Waals surface area contributed by atoms with Gasteiger partial charge in [0.25, 0.3) is 0 Å². The Morgan fingerprint density at radius 2 is 1.93 bits per heavy atom. The first-order valence-corrected chi connectivity index (χ1v) is 4.72. The van der Waals surface area contributed by atoms with Gasteiger partial charge in [-0.25, -0.2) is 0 Å². The van der Waals surface area contributed by atoms with Crippen LogP contribution < -0.4 is 5.32 Å². The van der Waals surface area contributed by atoms with Crippen molar-refractivity contribution < 1.29 is 9.59 Å². The molecule has 1 N–H and O–H groups in total. The van der Waals surface area contributed by atoms with Crippen molar-refractivity contribution in [3.63, 3.8) is 0 Å². The fraction of sp³-hybridized carbons (Fsp3) is 0.455. The zero-order valence-electron chi connectivity index (χ0n) is 8.96. The summed E-state index contributed by atoms with van der Waals surface area (Å²) in [7, 11) is 0. The molecule has 0 heterocycles. The molecule has 14 heavy (non-hydrogen) atoms. The van der Waals surface area contributed by atoms with Crippen molar-refractivity contribution in [1.29, 1.82) is 0 Å². The topological polar surface area (TPSA) is 46.2 Å². The summed E-state index contributed by atoms with van der Waals surface area (Å²) >= 11 is 0. The molecule has 0 aromatic carbocycles. The smallest absolute Gasteiger partial charge is 0.247 e. The maximum atomic E-state index is 11.2. The number of nitrogens with one attached hydrogen (secondary N) is 1. The lowest BCUT2D eigenvalue weighted by molar-refractivity contribution is -0.115. The van der Waals surface area contributed by atoms with Crippen LogP contribution in [0.15, 0.2) is 23.9 Å². The van der Waals surface area contributed by atoms with Gasteiger partial charge in [0.2, 0.25) is 5.91 Å². The van der Waals surface area contributed by atoms with Crippen LogP contribution in [0, 0.1) is 0 Å². The van der Waals surface area contributed by atoms with E-state index in [0.717, 1.165) is 12.8 Å². The summed E-state index contributed by atoms with van der Waals surface area (Å²) in [6.07, 6.45) is 6.61. The Bertz CT molecular complexity index is 264. The average Bonchev–Trinajstić information content (AvgIpc) is 2.02. The summed E-state index contributed by atoms with van der Waals surface area (Å²) in [6, 6.07) is 0. The highest BCUT2D eigenvalue weighted by atomic mass is 16.1. The van der Waals surface area contributed by atoms with E-state index in [0.29, 0.717) is 5.70 Å². The molecule has 0 rings (SSSR count). The van der Waals surface area contributed by atoms with E-state index in [-0.39, 0.29) is 11.7 Å². The minimum absolute atomic E-state index is 0.0691. The van der Waals surface area contributed by atoms with Gasteiger partial charge in [-0.1, -0.05) is 19.4 Å². The highest BCUT2D eigenvalue weighted by Crippen LogP contribution is 1.91. The first-order chi connectivity index (χ1) is 6.56. The van der Waals surface area contributed by atoms with Gasteiger partial charge in [0, 0.05) is 5.70 Å². The summed E-state index contributed by atoms with van der Waals surface area (Å²) in [5, 5.41) is 2.58. The van der Waals surface area contributed by atoms with E-state index >= 15 is 0 Å². The molecule has 0 aliphatic carbocycles. The molecule has 0 fully saturated rings. The van der Waals surface area contributed by atoms with E-state index in [1.807, 2.05) is 13.0 Å². The number of rotatable bonds is 5. The highest BCUT2D eigenvalue weighted by Gasteiger charge is 1.96. The zero-order valence-corrected chi connectivity index (χ0v) is 8.96. The van der Waals surface area contributed by atoms with Crippen LogP contribution in [0.3, 0.4) is 0 Å². The van der Waals surface area contributed by atoms with Crippen LogP contribution in [-0.4, -0.2) is 11.7 Å². The largest absolute Gasteiger partial charge is 0.326 e. The van der Waals surface area contributed by atoms with Crippen molar-refractivity contribution >= 4 is 11.7 Å². The molecular weight excluding hydrogens is 178 g/mol. The minimum atomic E-state index is -0.187. The third-order valence-electron chi connectivity index (χ3n) is 1.46. The third kappa shape index (κ3) is 7.28. The monoisotopic (exact) mass is 195 g/mol. The molecule has 0 saturated carbocycles. The van der Waals surface area contributed by atoms with Crippen LogP contribution >= 0.6 is 0 Å². The Hall–Kier alpha value is -1.38. The van der Waals surface area contributed by atoms with Crippen LogP contribution in [0.2, 0.25) is 0 Å². The van der Waals surface area contributed by atoms with Crippen molar-refractivity contribution in [1.82, 2.24) is 5.32 Å². The van der Waals surface area contributed by atoms with Gasteiger partial charge in [-0.3, -0.25) is 9.59 Å². The fourth-order valence-corrected chi connectivity index (χ4v) is 0.934. The second kappa shape index (κ2) is 7.06. The minimum Gasteiger partial charge on any atom is -0.326 e. The first kappa shape index (κ1) is 12.6. The van der Waals surface area contributed by atoms with Gasteiger partial charge < -0.3 is 5.32 Å². The van der Waals surface area contributed by atoms with E-state index in [1.54, 1.807) is 6.92 Å². The molecule has 0 atom stereocenters. The zero-order chi connectivity index (χ0) is 11.0. The Morgan fingerprint density at radius 1 is 1.29 bits per heavy atom. The molecular formula is C11H17NO2. The molecule has 0 aliphatic heterocycles. The lowest BCUT2D eigenvalue weighted by atomic mass is 10.3. The normalized spacial score (nSPS) is 11.8. The molecule has 0 aromatic heterocycles. The Kier molecular flexibility index (Phi) is 6.37. The van der Waals surface area contributed by atoms with Crippen LogP contribution in [0.25, 0.3) is 0 Å². The Morgan fingerprint density at radius 3 is 2.43 bits per heavy atom. The van der Waals surface area contributed by atoms with Crippen LogP contribution in [0.5, 0.6) is 0 Å². The van der Waals surface area contributed by atoms with Crippen LogP contribution in [-0.2, 0) is 9.59 Å². The maximum Gasteiger partial charge on any atom is 0.247 e. The second-order valence-electron chi connectivity index (χ2n) is 3.12. The molecule has 3 nitrogen and oxygen atoms in total.